The van der Waals surface area contributed by atoms with E-state index in [9.17, 15) is 10.2 Å². The van der Waals surface area contributed by atoms with Crippen molar-refractivity contribution in [3.8, 4) is 11.5 Å². The van der Waals surface area contributed by atoms with Crippen LogP contribution in [0.2, 0.25) is 0 Å². The summed E-state index contributed by atoms with van der Waals surface area (Å²) in [5.74, 6) is 1.53. The molecule has 216 valence electrons. The molecule has 2 N–H and O–H groups in total. The highest BCUT2D eigenvalue weighted by Crippen LogP contribution is 2.28. The van der Waals surface area contributed by atoms with Gasteiger partial charge in [-0.15, -0.1) is 0 Å². The van der Waals surface area contributed by atoms with E-state index >= 15 is 0 Å². The lowest BCUT2D eigenvalue weighted by molar-refractivity contribution is -0.303. The lowest BCUT2D eigenvalue weighted by Crippen LogP contribution is -2.57. The molecular formula is C31H38O9. The number of benzene rings is 3. The van der Waals surface area contributed by atoms with Crippen molar-refractivity contribution in [2.24, 2.45) is 0 Å². The molecule has 0 aliphatic carbocycles. The lowest BCUT2D eigenvalue weighted by atomic mass is 10.0. The molecule has 1 fully saturated rings. The van der Waals surface area contributed by atoms with Crippen molar-refractivity contribution < 1.29 is 43.4 Å². The van der Waals surface area contributed by atoms with Gasteiger partial charge in [-0.3, -0.25) is 0 Å². The minimum Gasteiger partial charge on any atom is -0.497 e. The largest absolute Gasteiger partial charge is 0.497 e. The second kappa shape index (κ2) is 15.7. The number of aliphatic hydroxyl groups is 2. The van der Waals surface area contributed by atoms with Crippen molar-refractivity contribution in [2.75, 3.05) is 34.0 Å². The molecule has 0 radical (unpaired) electrons. The van der Waals surface area contributed by atoms with Crippen molar-refractivity contribution in [2.45, 2.75) is 50.5 Å². The quantitative estimate of drug-likeness (QED) is 0.292. The number of hydrogen-bond acceptors (Lipinski definition) is 9. The van der Waals surface area contributed by atoms with E-state index < -0.39 is 37.3 Å². The van der Waals surface area contributed by atoms with Crippen LogP contribution in [-0.2, 0) is 43.5 Å². The SMILES string of the molecule is COc1ccc(CO[C@@H]2[C@@H](OCc3ccccc3)[C@@H](OC[C@@H](O)CO)OC[C@H]2OCc2ccc(OC)cc2)cc1. The molecule has 1 aliphatic heterocycles. The fourth-order valence-electron chi connectivity index (χ4n) is 4.27. The van der Waals surface area contributed by atoms with Gasteiger partial charge in [0, 0.05) is 0 Å². The molecule has 0 amide bonds. The average molecular weight is 555 g/mol. The van der Waals surface area contributed by atoms with Gasteiger partial charge in [-0.1, -0.05) is 54.6 Å². The zero-order valence-electron chi connectivity index (χ0n) is 22.9. The fraction of sp³-hybridized carbons (Fsp3) is 0.419. The first-order valence-corrected chi connectivity index (χ1v) is 13.3. The Balaban J connectivity index is 1.53. The highest BCUT2D eigenvalue weighted by atomic mass is 16.7. The number of aliphatic hydroxyl groups excluding tert-OH is 2. The Labute approximate surface area is 235 Å². The molecule has 3 aromatic rings. The van der Waals surface area contributed by atoms with Crippen molar-refractivity contribution in [3.63, 3.8) is 0 Å². The molecule has 9 heteroatoms. The van der Waals surface area contributed by atoms with E-state index in [1.54, 1.807) is 14.2 Å². The molecular weight excluding hydrogens is 516 g/mol. The zero-order valence-corrected chi connectivity index (χ0v) is 22.9. The summed E-state index contributed by atoms with van der Waals surface area (Å²) in [7, 11) is 3.25. The first kappa shape index (κ1) is 30.0. The fourth-order valence-corrected chi connectivity index (χ4v) is 4.27. The summed E-state index contributed by atoms with van der Waals surface area (Å²) in [6.07, 6.45) is -3.59. The third-order valence-electron chi connectivity index (χ3n) is 6.56. The molecule has 4 rings (SSSR count). The van der Waals surface area contributed by atoms with Gasteiger partial charge in [0.25, 0.3) is 0 Å². The maximum Gasteiger partial charge on any atom is 0.186 e. The van der Waals surface area contributed by atoms with Crippen LogP contribution >= 0.6 is 0 Å². The van der Waals surface area contributed by atoms with E-state index in [1.165, 1.54) is 0 Å². The van der Waals surface area contributed by atoms with Gasteiger partial charge in [-0.25, -0.2) is 0 Å². The summed E-state index contributed by atoms with van der Waals surface area (Å²) < 4.78 is 41.6. The molecule has 0 aromatic heterocycles. The molecule has 5 atom stereocenters. The van der Waals surface area contributed by atoms with Crippen LogP contribution in [-0.4, -0.2) is 75.0 Å². The van der Waals surface area contributed by atoms with Gasteiger partial charge < -0.3 is 43.4 Å². The maximum absolute atomic E-state index is 9.90. The Morgan fingerprint density at radius 2 is 1.23 bits per heavy atom. The molecule has 0 saturated carbocycles. The van der Waals surface area contributed by atoms with Gasteiger partial charge in [0.15, 0.2) is 6.29 Å². The van der Waals surface area contributed by atoms with Crippen LogP contribution in [0.4, 0.5) is 0 Å². The van der Waals surface area contributed by atoms with Gasteiger partial charge in [0.2, 0.25) is 0 Å². The summed E-state index contributed by atoms with van der Waals surface area (Å²) in [5, 5.41) is 19.2. The molecule has 1 heterocycles. The van der Waals surface area contributed by atoms with Crippen LogP contribution in [0.25, 0.3) is 0 Å². The Hall–Kier alpha value is -3.02. The van der Waals surface area contributed by atoms with Gasteiger partial charge in [-0.05, 0) is 41.0 Å². The topological polar surface area (TPSA) is 105 Å². The minimum absolute atomic E-state index is 0.116. The van der Waals surface area contributed by atoms with Gasteiger partial charge in [0.05, 0.1) is 53.9 Å². The Morgan fingerprint density at radius 1 is 0.700 bits per heavy atom. The summed E-state index contributed by atoms with van der Waals surface area (Å²) >= 11 is 0. The standard InChI is InChI=1S/C31H38O9/c1-34-26-12-8-23(9-13-26)17-36-28-21-40-31(39-20-25(33)16-32)30(38-18-22-6-4-3-5-7-22)29(28)37-19-24-10-14-27(35-2)15-11-24/h3-15,25,28-33H,16-21H2,1-2H3/t25-,28+,29-,30+,31-/m0/s1. The molecule has 40 heavy (non-hydrogen) atoms. The molecule has 1 aliphatic rings. The van der Waals surface area contributed by atoms with E-state index in [4.69, 9.17) is 33.2 Å². The molecule has 0 spiro atoms. The van der Waals surface area contributed by atoms with Crippen molar-refractivity contribution in [1.29, 1.82) is 0 Å². The molecule has 0 unspecified atom stereocenters. The highest BCUT2D eigenvalue weighted by molar-refractivity contribution is 5.27. The Kier molecular flexibility index (Phi) is 11.7. The van der Waals surface area contributed by atoms with Gasteiger partial charge in [-0.2, -0.15) is 0 Å². The predicted octanol–water partition coefficient (Wildman–Crippen LogP) is 3.49. The van der Waals surface area contributed by atoms with Gasteiger partial charge in [0.1, 0.15) is 35.9 Å². The van der Waals surface area contributed by atoms with E-state index in [2.05, 4.69) is 0 Å². The van der Waals surface area contributed by atoms with Gasteiger partial charge >= 0.3 is 0 Å². The minimum atomic E-state index is -1.04. The number of ether oxygens (including phenoxy) is 7. The number of hydrogen-bond donors (Lipinski definition) is 2. The molecule has 1 saturated heterocycles. The summed E-state index contributed by atoms with van der Waals surface area (Å²) in [4.78, 5) is 0. The van der Waals surface area contributed by atoms with Crippen LogP contribution < -0.4 is 9.47 Å². The smallest absolute Gasteiger partial charge is 0.186 e. The summed E-state index contributed by atoms with van der Waals surface area (Å²) in [5.41, 5.74) is 2.91. The van der Waals surface area contributed by atoms with E-state index in [1.807, 2.05) is 78.9 Å². The average Bonchev–Trinajstić information content (AvgIpc) is 3.02. The maximum atomic E-state index is 9.90. The third kappa shape index (κ3) is 8.74. The lowest BCUT2D eigenvalue weighted by Gasteiger charge is -2.42. The molecule has 9 nitrogen and oxygen atoms in total. The monoisotopic (exact) mass is 554 g/mol. The highest BCUT2D eigenvalue weighted by Gasteiger charge is 2.44. The normalized spacial score (nSPS) is 21.6. The second-order valence-electron chi connectivity index (χ2n) is 9.45. The number of rotatable bonds is 15. The van der Waals surface area contributed by atoms with Crippen molar-refractivity contribution >= 4 is 0 Å². The first-order chi connectivity index (χ1) is 19.6. The van der Waals surface area contributed by atoms with E-state index in [0.717, 1.165) is 28.2 Å². The van der Waals surface area contributed by atoms with Crippen LogP contribution in [0, 0.1) is 0 Å². The molecule has 0 bridgehead atoms. The summed E-state index contributed by atoms with van der Waals surface area (Å²) in [6.45, 7) is 0.580. The van der Waals surface area contributed by atoms with Crippen LogP contribution in [0.1, 0.15) is 16.7 Å². The zero-order chi connectivity index (χ0) is 28.2. The third-order valence-corrected chi connectivity index (χ3v) is 6.56. The summed E-state index contributed by atoms with van der Waals surface area (Å²) in [6, 6.07) is 25.1. The van der Waals surface area contributed by atoms with E-state index in [-0.39, 0.29) is 13.2 Å². The Morgan fingerprint density at radius 3 is 1.77 bits per heavy atom. The first-order valence-electron chi connectivity index (χ1n) is 13.3. The van der Waals surface area contributed by atoms with Crippen molar-refractivity contribution in [1.82, 2.24) is 0 Å². The predicted molar refractivity (Wildman–Crippen MR) is 147 cm³/mol. The second-order valence-corrected chi connectivity index (χ2v) is 9.45. The van der Waals surface area contributed by atoms with Crippen LogP contribution in [0.5, 0.6) is 11.5 Å². The van der Waals surface area contributed by atoms with Crippen LogP contribution in [0.15, 0.2) is 78.9 Å². The Bertz CT molecular complexity index is 1110. The van der Waals surface area contributed by atoms with Crippen molar-refractivity contribution in [3.05, 3.63) is 95.6 Å². The van der Waals surface area contributed by atoms with E-state index in [0.29, 0.717) is 19.8 Å². The number of methoxy groups -OCH3 is 2. The molecule has 3 aromatic carbocycles. The van der Waals surface area contributed by atoms with Crippen LogP contribution in [0.3, 0.4) is 0 Å².